The second-order valence-corrected chi connectivity index (χ2v) is 2.15. The summed E-state index contributed by atoms with van der Waals surface area (Å²) in [7, 11) is 0. The Morgan fingerprint density at radius 3 is 1.60 bits per heavy atom. The number of fused-ring (bicyclic) bond motifs is 1. The molecule has 0 atom stereocenters. The van der Waals surface area contributed by atoms with E-state index in [2.05, 4.69) is 24.3 Å². The maximum absolute atomic E-state index is 4.69. The SMILES string of the molecule is ClC#CCl.c1cc2cc-2c1. The molecule has 0 unspecified atom stereocenters. The molecule has 0 nitrogen and oxygen atoms in total. The zero-order valence-corrected chi connectivity index (χ0v) is 6.58. The molecule has 10 heavy (non-hydrogen) atoms. The van der Waals surface area contributed by atoms with Gasteiger partial charge in [0.1, 0.15) is 0 Å². The Morgan fingerprint density at radius 1 is 1.00 bits per heavy atom. The first-order valence-electron chi connectivity index (χ1n) is 2.70. The van der Waals surface area contributed by atoms with E-state index >= 15 is 0 Å². The zero-order valence-electron chi connectivity index (χ0n) is 5.07. The van der Waals surface area contributed by atoms with Gasteiger partial charge in [0.05, 0.1) is 0 Å². The lowest BCUT2D eigenvalue weighted by Crippen LogP contribution is -1.23. The molecule has 2 heteroatoms. The molecule has 0 radical (unpaired) electrons. The number of halogens is 2. The summed E-state index contributed by atoms with van der Waals surface area (Å²) in [6, 6.07) is 8.48. The van der Waals surface area contributed by atoms with Crippen LogP contribution in [-0.2, 0) is 0 Å². The zero-order chi connectivity index (χ0) is 7.40. The molecule has 0 spiro atoms. The van der Waals surface area contributed by atoms with Gasteiger partial charge in [0.15, 0.2) is 0 Å². The van der Waals surface area contributed by atoms with Crippen molar-refractivity contribution >= 4 is 23.2 Å². The van der Waals surface area contributed by atoms with Gasteiger partial charge in [-0.2, -0.15) is 0 Å². The summed E-state index contributed by atoms with van der Waals surface area (Å²) in [4.78, 5) is 0. The minimum Gasteiger partial charge on any atom is -0.0610 e. The predicted octanol–water partition coefficient (Wildman–Crippen LogP) is 3.05. The summed E-state index contributed by atoms with van der Waals surface area (Å²) in [6.07, 6.45) is 0. The van der Waals surface area contributed by atoms with Crippen molar-refractivity contribution in [3.8, 4) is 21.9 Å². The second kappa shape index (κ2) is 3.51. The first-order chi connectivity index (χ1) is 4.88. The number of benzene rings is 1. The fourth-order valence-corrected chi connectivity index (χ4v) is 0.676. The minimum atomic E-state index is 1.43. The average molecular weight is 171 g/mol. The molecule has 0 aromatic carbocycles. The van der Waals surface area contributed by atoms with E-state index in [0.717, 1.165) is 0 Å². The normalized spacial score (nSPS) is 8.20. The third-order valence-corrected chi connectivity index (χ3v) is 1.43. The lowest BCUT2D eigenvalue weighted by atomic mass is 10.6. The molecule has 0 amide bonds. The highest BCUT2D eigenvalue weighted by atomic mass is 35.5. The minimum absolute atomic E-state index is 1.43. The van der Waals surface area contributed by atoms with E-state index in [-0.39, 0.29) is 0 Å². The molecular weight excluding hydrogens is 167 g/mol. The van der Waals surface area contributed by atoms with Crippen LogP contribution in [0.2, 0.25) is 0 Å². The van der Waals surface area contributed by atoms with Crippen LogP contribution in [0.15, 0.2) is 24.3 Å². The molecular formula is C8H4Cl2. The summed E-state index contributed by atoms with van der Waals surface area (Å²) in [5, 5.41) is 3.84. The monoisotopic (exact) mass is 170 g/mol. The summed E-state index contributed by atoms with van der Waals surface area (Å²) >= 11 is 9.39. The largest absolute Gasteiger partial charge is 0.0610 e. The summed E-state index contributed by atoms with van der Waals surface area (Å²) in [5.74, 6) is 0. The van der Waals surface area contributed by atoms with Crippen LogP contribution in [0.1, 0.15) is 0 Å². The van der Waals surface area contributed by atoms with Crippen molar-refractivity contribution in [2.45, 2.75) is 0 Å². The van der Waals surface area contributed by atoms with Gasteiger partial charge in [0.25, 0.3) is 0 Å². The third-order valence-electron chi connectivity index (χ3n) is 1.15. The van der Waals surface area contributed by atoms with Crippen molar-refractivity contribution in [3.63, 3.8) is 0 Å². The molecule has 0 fully saturated rings. The van der Waals surface area contributed by atoms with Crippen LogP contribution in [0.3, 0.4) is 0 Å². The van der Waals surface area contributed by atoms with E-state index < -0.39 is 0 Å². The molecule has 2 aliphatic carbocycles. The molecule has 2 rings (SSSR count). The lowest BCUT2D eigenvalue weighted by molar-refractivity contribution is 2.01. The van der Waals surface area contributed by atoms with Crippen LogP contribution >= 0.6 is 23.2 Å². The van der Waals surface area contributed by atoms with Crippen LogP contribution in [0, 0.1) is 10.8 Å². The standard InChI is InChI=1S/C6H4.C2Cl2/c1-2-5-4-6(5)3-1;3-1-2-4/h1-4H;. The Balaban J connectivity index is 0.000000112. The highest BCUT2D eigenvalue weighted by Gasteiger charge is 2.06. The molecule has 0 aromatic heterocycles. The van der Waals surface area contributed by atoms with Gasteiger partial charge in [-0.05, 0) is 40.4 Å². The van der Waals surface area contributed by atoms with E-state index in [1.54, 1.807) is 0 Å². The highest BCUT2D eigenvalue weighted by Crippen LogP contribution is 2.32. The smallest absolute Gasteiger partial charge is 0.0216 e. The van der Waals surface area contributed by atoms with Crippen molar-refractivity contribution in [2.75, 3.05) is 0 Å². The molecule has 0 aliphatic heterocycles. The van der Waals surface area contributed by atoms with E-state index in [9.17, 15) is 0 Å². The molecule has 0 heterocycles. The molecule has 0 bridgehead atoms. The quantitative estimate of drug-likeness (QED) is 0.534. The molecule has 0 saturated heterocycles. The van der Waals surface area contributed by atoms with E-state index in [0.29, 0.717) is 0 Å². The van der Waals surface area contributed by atoms with Gasteiger partial charge in [0.2, 0.25) is 0 Å². The van der Waals surface area contributed by atoms with Crippen LogP contribution in [0.25, 0.3) is 11.1 Å². The van der Waals surface area contributed by atoms with E-state index in [1.807, 2.05) is 10.8 Å². The Bertz CT molecular complexity index is 258. The van der Waals surface area contributed by atoms with Crippen molar-refractivity contribution < 1.29 is 0 Å². The summed E-state index contributed by atoms with van der Waals surface area (Å²) in [5.41, 5.74) is 2.85. The van der Waals surface area contributed by atoms with Crippen LogP contribution in [0.5, 0.6) is 0 Å². The first-order valence-corrected chi connectivity index (χ1v) is 3.46. The van der Waals surface area contributed by atoms with Gasteiger partial charge < -0.3 is 0 Å². The fourth-order valence-electron chi connectivity index (χ4n) is 0.676. The lowest BCUT2D eigenvalue weighted by Gasteiger charge is -1.48. The van der Waals surface area contributed by atoms with Crippen LogP contribution in [-0.4, -0.2) is 0 Å². The Morgan fingerprint density at radius 2 is 1.50 bits per heavy atom. The summed E-state index contributed by atoms with van der Waals surface area (Å²) in [6.45, 7) is 0. The van der Waals surface area contributed by atoms with Crippen molar-refractivity contribution in [2.24, 2.45) is 0 Å². The Kier molecular flexibility index (Phi) is 2.62. The highest BCUT2D eigenvalue weighted by molar-refractivity contribution is 6.38. The average Bonchev–Trinajstić information content (AvgIpc) is 2.60. The summed E-state index contributed by atoms with van der Waals surface area (Å²) < 4.78 is 0. The molecule has 0 N–H and O–H groups in total. The van der Waals surface area contributed by atoms with Crippen molar-refractivity contribution in [1.29, 1.82) is 0 Å². The van der Waals surface area contributed by atoms with E-state index in [4.69, 9.17) is 23.2 Å². The number of rotatable bonds is 0. The van der Waals surface area contributed by atoms with Crippen molar-refractivity contribution in [1.82, 2.24) is 0 Å². The number of hydrogen-bond acceptors (Lipinski definition) is 0. The van der Waals surface area contributed by atoms with Crippen LogP contribution < -0.4 is 0 Å². The number of hydrogen-bond donors (Lipinski definition) is 0. The Hall–Kier alpha value is -0.640. The maximum atomic E-state index is 4.69. The van der Waals surface area contributed by atoms with Gasteiger partial charge in [-0.3, -0.25) is 0 Å². The van der Waals surface area contributed by atoms with Crippen LogP contribution in [0.4, 0.5) is 0 Å². The topological polar surface area (TPSA) is 0 Å². The van der Waals surface area contributed by atoms with Gasteiger partial charge in [-0.25, -0.2) is 0 Å². The second-order valence-electron chi connectivity index (χ2n) is 1.77. The van der Waals surface area contributed by atoms with Crippen molar-refractivity contribution in [3.05, 3.63) is 24.3 Å². The maximum Gasteiger partial charge on any atom is 0.0216 e. The van der Waals surface area contributed by atoms with Gasteiger partial charge >= 0.3 is 0 Å². The third kappa shape index (κ3) is 1.95. The van der Waals surface area contributed by atoms with Gasteiger partial charge in [-0.1, -0.05) is 18.2 Å². The predicted molar refractivity (Wildman–Crippen MR) is 44.9 cm³/mol. The molecule has 0 aromatic rings. The molecule has 2 aliphatic rings. The Labute approximate surface area is 69.8 Å². The van der Waals surface area contributed by atoms with Gasteiger partial charge in [-0.15, -0.1) is 0 Å². The fraction of sp³-hybridized carbons (Fsp3) is 0. The van der Waals surface area contributed by atoms with E-state index in [1.165, 1.54) is 11.1 Å². The first kappa shape index (κ1) is 7.47. The van der Waals surface area contributed by atoms with Gasteiger partial charge in [0, 0.05) is 10.8 Å². The molecule has 50 valence electrons. The molecule has 0 saturated carbocycles.